The smallest absolute Gasteiger partial charge is 0.319 e. The summed E-state index contributed by atoms with van der Waals surface area (Å²) >= 11 is 6.08. The van der Waals surface area contributed by atoms with Crippen LogP contribution in [0.25, 0.3) is 10.9 Å². The lowest BCUT2D eigenvalue weighted by atomic mass is 10.1. The molecule has 0 bridgehead atoms. The Kier molecular flexibility index (Phi) is 6.74. The highest BCUT2D eigenvalue weighted by Gasteiger charge is 2.29. The number of rotatable bonds is 6. The molecule has 2 heterocycles. The second-order valence-corrected chi connectivity index (χ2v) is 9.29. The minimum absolute atomic E-state index is 0.0178. The number of fused-ring (bicyclic) bond motifs is 1. The molecule has 3 amide bonds. The third-order valence-corrected chi connectivity index (χ3v) is 6.56. The van der Waals surface area contributed by atoms with Gasteiger partial charge < -0.3 is 30.1 Å². The zero-order valence-corrected chi connectivity index (χ0v) is 20.4. The van der Waals surface area contributed by atoms with Gasteiger partial charge in [-0.2, -0.15) is 0 Å². The van der Waals surface area contributed by atoms with E-state index in [1.807, 2.05) is 0 Å². The molecule has 1 aliphatic heterocycles. The molecule has 5 rings (SSSR count). The number of aliphatic hydroxyl groups excluding tert-OH is 1. The van der Waals surface area contributed by atoms with Crippen molar-refractivity contribution in [1.29, 1.82) is 0 Å². The average Bonchev–Trinajstić information content (AvgIpc) is 3.59. The van der Waals surface area contributed by atoms with E-state index in [2.05, 4.69) is 15.6 Å². The van der Waals surface area contributed by atoms with Gasteiger partial charge in [-0.1, -0.05) is 11.6 Å². The van der Waals surface area contributed by atoms with Crippen molar-refractivity contribution in [3.05, 3.63) is 52.7 Å². The van der Waals surface area contributed by atoms with Crippen molar-refractivity contribution in [1.82, 2.24) is 15.2 Å². The van der Waals surface area contributed by atoms with Gasteiger partial charge in [-0.25, -0.2) is 13.6 Å². The van der Waals surface area contributed by atoms with E-state index in [0.717, 1.165) is 18.9 Å². The fraction of sp³-hybridized carbons (Fsp3) is 0.320. The van der Waals surface area contributed by atoms with E-state index in [0.29, 0.717) is 23.9 Å². The van der Waals surface area contributed by atoms with Crippen LogP contribution in [0.4, 0.5) is 19.3 Å². The Bertz CT molecular complexity index is 1400. The summed E-state index contributed by atoms with van der Waals surface area (Å²) in [6.07, 6.45) is 2.92. The van der Waals surface area contributed by atoms with Gasteiger partial charge in [-0.3, -0.25) is 9.78 Å². The first-order valence-corrected chi connectivity index (χ1v) is 12.0. The number of halogens is 3. The number of hydrogen-bond donors (Lipinski definition) is 3. The molecular formula is C25H23ClF2N4O5. The molecule has 0 spiro atoms. The maximum atomic E-state index is 15.1. The number of ether oxygens (including phenoxy) is 2. The first kappa shape index (κ1) is 25.0. The Morgan fingerprint density at radius 3 is 2.65 bits per heavy atom. The monoisotopic (exact) mass is 532 g/mol. The molecule has 12 heteroatoms. The predicted molar refractivity (Wildman–Crippen MR) is 131 cm³/mol. The number of aromatic nitrogens is 1. The normalized spacial score (nSPS) is 17.1. The van der Waals surface area contributed by atoms with E-state index in [9.17, 15) is 19.1 Å². The van der Waals surface area contributed by atoms with Gasteiger partial charge in [0.05, 0.1) is 30.0 Å². The minimum atomic E-state index is -1.20. The Morgan fingerprint density at radius 1 is 1.19 bits per heavy atom. The van der Waals surface area contributed by atoms with Gasteiger partial charge in [-0.15, -0.1) is 0 Å². The van der Waals surface area contributed by atoms with Crippen molar-refractivity contribution in [2.24, 2.45) is 0 Å². The molecule has 1 aliphatic carbocycles. The Morgan fingerprint density at radius 2 is 1.97 bits per heavy atom. The highest BCUT2D eigenvalue weighted by molar-refractivity contribution is 6.34. The molecule has 0 unspecified atom stereocenters. The lowest BCUT2D eigenvalue weighted by Crippen LogP contribution is -2.30. The lowest BCUT2D eigenvalue weighted by Gasteiger charge is -2.19. The SMILES string of the molecule is COc1cc2nccc(Oc3c(F)cc(NC(=O)NC4CC4)c(Cl)c3F)c2cc1C(=O)N1CC[C@H](O)C1. The number of methoxy groups -OCH3 is 1. The topological polar surface area (TPSA) is 113 Å². The number of urea groups is 1. The maximum Gasteiger partial charge on any atom is 0.319 e. The summed E-state index contributed by atoms with van der Waals surface area (Å²) in [4.78, 5) is 30.9. The maximum absolute atomic E-state index is 15.1. The number of pyridine rings is 1. The van der Waals surface area contributed by atoms with E-state index in [4.69, 9.17) is 21.1 Å². The van der Waals surface area contributed by atoms with Crippen molar-refractivity contribution in [3.8, 4) is 17.2 Å². The lowest BCUT2D eigenvalue weighted by molar-refractivity contribution is 0.0762. The molecule has 0 radical (unpaired) electrons. The molecule has 194 valence electrons. The fourth-order valence-electron chi connectivity index (χ4n) is 4.11. The number of β-amino-alcohol motifs (C(OH)–C–C–N with tert-alkyl or cyclic N) is 1. The minimum Gasteiger partial charge on any atom is -0.496 e. The van der Waals surface area contributed by atoms with Gasteiger partial charge in [0.25, 0.3) is 5.91 Å². The van der Waals surface area contributed by atoms with Crippen LogP contribution in [-0.4, -0.2) is 59.3 Å². The van der Waals surface area contributed by atoms with Gasteiger partial charge in [0.1, 0.15) is 16.5 Å². The number of likely N-dealkylation sites (tertiary alicyclic amines) is 1. The average molecular weight is 533 g/mol. The van der Waals surface area contributed by atoms with E-state index in [-0.39, 0.29) is 41.2 Å². The summed E-state index contributed by atoms with van der Waals surface area (Å²) in [5, 5.41) is 14.6. The van der Waals surface area contributed by atoms with E-state index in [1.165, 1.54) is 36.4 Å². The van der Waals surface area contributed by atoms with Crippen LogP contribution >= 0.6 is 11.6 Å². The largest absolute Gasteiger partial charge is 0.496 e. The van der Waals surface area contributed by atoms with Gasteiger partial charge >= 0.3 is 6.03 Å². The van der Waals surface area contributed by atoms with Gasteiger partial charge in [0.15, 0.2) is 17.4 Å². The Balaban J connectivity index is 1.48. The zero-order chi connectivity index (χ0) is 26.3. The van der Waals surface area contributed by atoms with Crippen molar-refractivity contribution in [2.45, 2.75) is 31.4 Å². The van der Waals surface area contributed by atoms with Gasteiger partial charge in [0, 0.05) is 42.8 Å². The number of aliphatic hydroxyl groups is 1. The molecule has 1 aromatic heterocycles. The summed E-state index contributed by atoms with van der Waals surface area (Å²) in [5.41, 5.74) is 0.295. The van der Waals surface area contributed by atoms with E-state index in [1.54, 1.807) is 0 Å². The van der Waals surface area contributed by atoms with Crippen LogP contribution in [-0.2, 0) is 0 Å². The van der Waals surface area contributed by atoms with Crippen LogP contribution in [0.2, 0.25) is 5.02 Å². The molecule has 37 heavy (non-hydrogen) atoms. The van der Waals surface area contributed by atoms with Crippen molar-refractivity contribution < 1.29 is 33.0 Å². The van der Waals surface area contributed by atoms with Crippen LogP contribution < -0.4 is 20.1 Å². The van der Waals surface area contributed by atoms with Crippen LogP contribution in [0.5, 0.6) is 17.2 Å². The quantitative estimate of drug-likeness (QED) is 0.404. The number of amides is 3. The third kappa shape index (κ3) is 5.09. The first-order chi connectivity index (χ1) is 17.7. The molecular weight excluding hydrogens is 510 g/mol. The van der Waals surface area contributed by atoms with Gasteiger partial charge in [0.2, 0.25) is 0 Å². The Labute approximate surface area is 215 Å². The van der Waals surface area contributed by atoms with Crippen LogP contribution in [0, 0.1) is 11.6 Å². The van der Waals surface area contributed by atoms with E-state index < -0.39 is 34.5 Å². The zero-order valence-electron chi connectivity index (χ0n) is 19.7. The standard InChI is InChI=1S/C25H23ClF2N4O5/c1-36-20-10-17-14(8-15(20)24(34)32-7-5-13(33)11-32)19(4-6-29-17)37-23-16(27)9-18(21(26)22(23)28)31-25(35)30-12-2-3-12/h4,6,8-10,12-13,33H,2-3,5,7,11H2,1H3,(H2,30,31,35)/t13-/m0/s1. The molecule has 2 fully saturated rings. The highest BCUT2D eigenvalue weighted by Crippen LogP contribution is 2.39. The van der Waals surface area contributed by atoms with Crippen molar-refractivity contribution in [3.63, 3.8) is 0 Å². The number of nitrogens with zero attached hydrogens (tertiary/aromatic N) is 2. The second-order valence-electron chi connectivity index (χ2n) is 8.91. The number of carbonyl (C=O) groups excluding carboxylic acids is 2. The molecule has 3 aromatic rings. The van der Waals surface area contributed by atoms with Crippen LogP contribution in [0.3, 0.4) is 0 Å². The summed E-state index contributed by atoms with van der Waals surface area (Å²) in [5.74, 6) is -3.18. The van der Waals surface area contributed by atoms with Crippen LogP contribution in [0.1, 0.15) is 29.6 Å². The molecule has 2 aromatic carbocycles. The summed E-state index contributed by atoms with van der Waals surface area (Å²) in [7, 11) is 1.41. The molecule has 1 atom stereocenters. The van der Waals surface area contributed by atoms with Crippen molar-refractivity contribution >= 4 is 40.1 Å². The summed E-state index contributed by atoms with van der Waals surface area (Å²) in [6, 6.07) is 4.68. The highest BCUT2D eigenvalue weighted by atomic mass is 35.5. The summed E-state index contributed by atoms with van der Waals surface area (Å²) in [6.45, 7) is 0.565. The van der Waals surface area contributed by atoms with Crippen LogP contribution in [0.15, 0.2) is 30.5 Å². The molecule has 1 saturated carbocycles. The number of benzene rings is 2. The predicted octanol–water partition coefficient (Wildman–Crippen LogP) is 4.46. The number of nitrogens with one attached hydrogen (secondary N) is 2. The molecule has 1 saturated heterocycles. The Hall–Kier alpha value is -3.70. The van der Waals surface area contributed by atoms with Crippen molar-refractivity contribution in [2.75, 3.05) is 25.5 Å². The van der Waals surface area contributed by atoms with E-state index >= 15 is 4.39 Å². The fourth-order valence-corrected chi connectivity index (χ4v) is 4.30. The molecule has 3 N–H and O–H groups in total. The molecule has 9 nitrogen and oxygen atoms in total. The molecule has 2 aliphatic rings. The number of carbonyl (C=O) groups is 2. The second kappa shape index (κ2) is 9.98. The number of anilines is 1. The van der Waals surface area contributed by atoms with Gasteiger partial charge in [-0.05, 0) is 31.4 Å². The number of hydrogen-bond acceptors (Lipinski definition) is 6. The third-order valence-electron chi connectivity index (χ3n) is 6.19. The summed E-state index contributed by atoms with van der Waals surface area (Å²) < 4.78 is 41.1. The first-order valence-electron chi connectivity index (χ1n) is 11.6.